The number of carbonyl (C=O) groups excluding carboxylic acids is 1. The number of rotatable bonds is 6. The number of thiocarbonyl (C=S) groups is 1. The molecule has 1 heterocycles. The highest BCUT2D eigenvalue weighted by Crippen LogP contribution is 2.40. The minimum absolute atomic E-state index is 0.166. The zero-order valence-corrected chi connectivity index (χ0v) is 19.9. The first kappa shape index (κ1) is 22.4. The van der Waals surface area contributed by atoms with Crippen molar-refractivity contribution >= 4 is 57.6 Å². The fraction of sp³-hybridized carbons (Fsp3) is 0.120. The molecule has 3 aromatic rings. The third kappa shape index (κ3) is 4.67. The average Bonchev–Trinajstić information content (AvgIpc) is 3.07. The Balaban J connectivity index is 1.59. The first-order valence-electron chi connectivity index (χ1n) is 9.86. The van der Waals surface area contributed by atoms with Gasteiger partial charge in [0.25, 0.3) is 5.91 Å². The highest BCUT2D eigenvalue weighted by molar-refractivity contribution is 8.27. The fourth-order valence-corrected chi connectivity index (χ4v) is 4.88. The van der Waals surface area contributed by atoms with Crippen molar-refractivity contribution in [1.82, 2.24) is 0 Å². The van der Waals surface area contributed by atoms with Gasteiger partial charge in [-0.3, -0.25) is 9.69 Å². The normalized spacial score (nSPS) is 14.8. The second-order valence-corrected chi connectivity index (χ2v) is 9.18. The summed E-state index contributed by atoms with van der Waals surface area (Å²) in [6, 6.07) is 20.9. The standard InChI is InChI=1S/C25H20ClNO3S2/c1-16-8-6-7-9-18(16)15-30-23-20(26)12-17(13-21(23)29-2)14-22-24(28)27(25(31)32-22)19-10-4-3-5-11-19/h3-14H,15H2,1-2H3. The molecule has 0 unspecified atom stereocenters. The van der Waals surface area contributed by atoms with E-state index in [2.05, 4.69) is 0 Å². The van der Waals surface area contributed by atoms with Crippen LogP contribution in [0.25, 0.3) is 6.08 Å². The van der Waals surface area contributed by atoms with Crippen molar-refractivity contribution in [2.45, 2.75) is 13.5 Å². The van der Waals surface area contributed by atoms with E-state index in [0.29, 0.717) is 32.4 Å². The zero-order chi connectivity index (χ0) is 22.7. The molecule has 0 N–H and O–H groups in total. The second kappa shape index (κ2) is 9.77. The highest BCUT2D eigenvalue weighted by Gasteiger charge is 2.33. The Hall–Kier alpha value is -2.80. The number of ether oxygens (including phenoxy) is 2. The third-order valence-corrected chi connectivity index (χ3v) is 6.57. The lowest BCUT2D eigenvalue weighted by molar-refractivity contribution is -0.113. The van der Waals surface area contributed by atoms with E-state index in [1.807, 2.05) is 61.5 Å². The molecule has 4 nitrogen and oxygen atoms in total. The van der Waals surface area contributed by atoms with Gasteiger partial charge in [-0.25, -0.2) is 0 Å². The highest BCUT2D eigenvalue weighted by atomic mass is 35.5. The van der Waals surface area contributed by atoms with Crippen molar-refractivity contribution in [1.29, 1.82) is 0 Å². The lowest BCUT2D eigenvalue weighted by Gasteiger charge is -2.15. The molecule has 1 amide bonds. The van der Waals surface area contributed by atoms with E-state index in [1.165, 1.54) is 16.7 Å². The van der Waals surface area contributed by atoms with Crippen LogP contribution in [0, 0.1) is 6.92 Å². The number of methoxy groups -OCH3 is 1. The predicted molar refractivity (Wildman–Crippen MR) is 136 cm³/mol. The minimum atomic E-state index is -0.166. The van der Waals surface area contributed by atoms with Crippen molar-refractivity contribution in [3.8, 4) is 11.5 Å². The molecule has 1 aliphatic rings. The SMILES string of the molecule is COc1cc(C=C2SC(=S)N(c3ccccc3)C2=O)cc(Cl)c1OCc1ccccc1C. The molecule has 0 aromatic heterocycles. The summed E-state index contributed by atoms with van der Waals surface area (Å²) in [6.07, 6.45) is 1.77. The summed E-state index contributed by atoms with van der Waals surface area (Å²) < 4.78 is 12.0. The summed E-state index contributed by atoms with van der Waals surface area (Å²) in [7, 11) is 1.56. The summed E-state index contributed by atoms with van der Waals surface area (Å²) in [5.41, 5.74) is 3.68. The molecule has 0 spiro atoms. The van der Waals surface area contributed by atoms with Gasteiger partial charge in [0.05, 0.1) is 22.7 Å². The Morgan fingerprint density at radius 2 is 1.81 bits per heavy atom. The molecular weight excluding hydrogens is 462 g/mol. The summed E-state index contributed by atoms with van der Waals surface area (Å²) in [6.45, 7) is 2.41. The minimum Gasteiger partial charge on any atom is -0.493 e. The molecule has 3 aromatic carbocycles. The van der Waals surface area contributed by atoms with E-state index in [9.17, 15) is 4.79 Å². The maximum Gasteiger partial charge on any atom is 0.270 e. The van der Waals surface area contributed by atoms with E-state index >= 15 is 0 Å². The smallest absolute Gasteiger partial charge is 0.270 e. The van der Waals surface area contributed by atoms with Crippen LogP contribution in [0.2, 0.25) is 5.02 Å². The van der Waals surface area contributed by atoms with Crippen LogP contribution < -0.4 is 14.4 Å². The van der Waals surface area contributed by atoms with Crippen LogP contribution in [0.15, 0.2) is 71.6 Å². The number of aryl methyl sites for hydroxylation is 1. The lowest BCUT2D eigenvalue weighted by atomic mass is 10.1. The van der Waals surface area contributed by atoms with E-state index in [-0.39, 0.29) is 5.91 Å². The number of para-hydroxylation sites is 1. The average molecular weight is 482 g/mol. The maximum absolute atomic E-state index is 13.0. The van der Waals surface area contributed by atoms with Crippen LogP contribution in [-0.2, 0) is 11.4 Å². The molecule has 7 heteroatoms. The molecule has 32 heavy (non-hydrogen) atoms. The number of anilines is 1. The molecule has 0 atom stereocenters. The summed E-state index contributed by atoms with van der Waals surface area (Å²) in [5, 5.41) is 0.405. The second-order valence-electron chi connectivity index (χ2n) is 7.10. The van der Waals surface area contributed by atoms with Crippen molar-refractivity contribution in [2.75, 3.05) is 12.0 Å². The van der Waals surface area contributed by atoms with Gasteiger partial charge in [0.15, 0.2) is 15.8 Å². The molecule has 0 aliphatic carbocycles. The number of hydrogen-bond donors (Lipinski definition) is 0. The van der Waals surface area contributed by atoms with Crippen molar-refractivity contribution in [3.05, 3.63) is 93.3 Å². The van der Waals surface area contributed by atoms with Gasteiger partial charge < -0.3 is 9.47 Å². The number of carbonyl (C=O) groups is 1. The first-order valence-corrected chi connectivity index (χ1v) is 11.5. The third-order valence-electron chi connectivity index (χ3n) is 4.99. The van der Waals surface area contributed by atoms with E-state index in [1.54, 1.807) is 25.3 Å². The molecule has 162 valence electrons. The van der Waals surface area contributed by atoms with Crippen LogP contribution in [0.1, 0.15) is 16.7 Å². The predicted octanol–water partition coefficient (Wildman–Crippen LogP) is 6.64. The Morgan fingerprint density at radius 3 is 2.53 bits per heavy atom. The Morgan fingerprint density at radius 1 is 1.09 bits per heavy atom. The van der Waals surface area contributed by atoms with Crippen LogP contribution >= 0.6 is 35.6 Å². The van der Waals surface area contributed by atoms with Gasteiger partial charge >= 0.3 is 0 Å². The molecular formula is C25H20ClNO3S2. The Bertz CT molecular complexity index is 1210. The van der Waals surface area contributed by atoms with Gasteiger partial charge in [0.2, 0.25) is 0 Å². The zero-order valence-electron chi connectivity index (χ0n) is 17.5. The molecule has 0 saturated carbocycles. The summed E-state index contributed by atoms with van der Waals surface area (Å²) in [5.74, 6) is 0.795. The van der Waals surface area contributed by atoms with Gasteiger partial charge in [0.1, 0.15) is 6.61 Å². The summed E-state index contributed by atoms with van der Waals surface area (Å²) >= 11 is 13.2. The number of hydrogen-bond acceptors (Lipinski definition) is 5. The monoisotopic (exact) mass is 481 g/mol. The molecule has 0 bridgehead atoms. The van der Waals surface area contributed by atoms with Gasteiger partial charge in [-0.1, -0.05) is 78.0 Å². The summed E-state index contributed by atoms with van der Waals surface area (Å²) in [4.78, 5) is 15.0. The molecule has 1 saturated heterocycles. The Kier molecular flexibility index (Phi) is 6.84. The van der Waals surface area contributed by atoms with Crippen LogP contribution in [0.3, 0.4) is 0 Å². The lowest BCUT2D eigenvalue weighted by Crippen LogP contribution is -2.27. The fourth-order valence-electron chi connectivity index (χ4n) is 3.30. The number of amides is 1. The van der Waals surface area contributed by atoms with Gasteiger partial charge in [-0.15, -0.1) is 0 Å². The van der Waals surface area contributed by atoms with Crippen molar-refractivity contribution < 1.29 is 14.3 Å². The molecule has 0 radical (unpaired) electrons. The largest absolute Gasteiger partial charge is 0.493 e. The Labute approximate surface area is 201 Å². The van der Waals surface area contributed by atoms with E-state index in [0.717, 1.165) is 22.4 Å². The topological polar surface area (TPSA) is 38.8 Å². The van der Waals surface area contributed by atoms with Crippen LogP contribution in [0.4, 0.5) is 5.69 Å². The number of benzene rings is 3. The molecule has 1 aliphatic heterocycles. The number of thioether (sulfide) groups is 1. The molecule has 1 fully saturated rings. The first-order chi connectivity index (χ1) is 15.5. The number of nitrogens with zero attached hydrogens (tertiary/aromatic N) is 1. The maximum atomic E-state index is 13.0. The van der Waals surface area contributed by atoms with E-state index in [4.69, 9.17) is 33.3 Å². The van der Waals surface area contributed by atoms with Crippen molar-refractivity contribution in [2.24, 2.45) is 0 Å². The van der Waals surface area contributed by atoms with Crippen LogP contribution in [0.5, 0.6) is 11.5 Å². The van der Waals surface area contributed by atoms with Crippen molar-refractivity contribution in [3.63, 3.8) is 0 Å². The van der Waals surface area contributed by atoms with Crippen LogP contribution in [-0.4, -0.2) is 17.3 Å². The quantitative estimate of drug-likeness (QED) is 0.291. The van der Waals surface area contributed by atoms with E-state index < -0.39 is 0 Å². The van der Waals surface area contributed by atoms with Gasteiger partial charge in [-0.05, 0) is 54.0 Å². The van der Waals surface area contributed by atoms with Gasteiger partial charge in [0, 0.05) is 0 Å². The number of halogens is 1. The molecule has 4 rings (SSSR count). The van der Waals surface area contributed by atoms with Gasteiger partial charge in [-0.2, -0.15) is 0 Å².